The van der Waals surface area contributed by atoms with Crippen LogP contribution in [0.2, 0.25) is 0 Å². The molecule has 0 atom stereocenters. The van der Waals surface area contributed by atoms with Gasteiger partial charge < -0.3 is 0 Å². The van der Waals surface area contributed by atoms with Crippen molar-refractivity contribution < 1.29 is 4.79 Å². The summed E-state index contributed by atoms with van der Waals surface area (Å²) in [7, 11) is 0. The predicted octanol–water partition coefficient (Wildman–Crippen LogP) is 5.89. The molecule has 0 saturated heterocycles. The Balaban J connectivity index is 2.74. The first-order valence-electron chi connectivity index (χ1n) is 7.98. The maximum Gasteiger partial charge on any atom is 0.214 e. The SMILES string of the molecule is C=C(C)C(=O)SC1(CCCC)CCCCCCCC1. The van der Waals surface area contributed by atoms with Gasteiger partial charge in [0.15, 0.2) is 0 Å². The van der Waals surface area contributed by atoms with Crippen molar-refractivity contribution in [2.24, 2.45) is 0 Å². The van der Waals surface area contributed by atoms with Gasteiger partial charge in [0.2, 0.25) is 5.12 Å². The number of hydrogen-bond acceptors (Lipinski definition) is 2. The molecule has 0 N–H and O–H groups in total. The average Bonchev–Trinajstić information content (AvgIpc) is 2.49. The molecule has 0 spiro atoms. The average molecular weight is 282 g/mol. The number of carbonyl (C=O) groups is 1. The summed E-state index contributed by atoms with van der Waals surface area (Å²) in [6.45, 7) is 7.91. The van der Waals surface area contributed by atoms with Crippen LogP contribution >= 0.6 is 11.8 Å². The molecule has 1 saturated carbocycles. The summed E-state index contributed by atoms with van der Waals surface area (Å²) in [4.78, 5) is 12.1. The van der Waals surface area contributed by atoms with Crippen molar-refractivity contribution >= 4 is 16.9 Å². The molecule has 0 radical (unpaired) electrons. The first kappa shape index (κ1) is 16.8. The van der Waals surface area contributed by atoms with E-state index in [9.17, 15) is 4.79 Å². The van der Waals surface area contributed by atoms with Gasteiger partial charge in [0.05, 0.1) is 0 Å². The smallest absolute Gasteiger partial charge is 0.214 e. The van der Waals surface area contributed by atoms with Gasteiger partial charge in [0, 0.05) is 4.75 Å². The van der Waals surface area contributed by atoms with Crippen LogP contribution in [0, 0.1) is 0 Å². The van der Waals surface area contributed by atoms with Crippen LogP contribution in [0.25, 0.3) is 0 Å². The van der Waals surface area contributed by atoms with E-state index >= 15 is 0 Å². The summed E-state index contributed by atoms with van der Waals surface area (Å²) in [5, 5.41) is 0.218. The summed E-state index contributed by atoms with van der Waals surface area (Å²) in [6.07, 6.45) is 14.1. The summed E-state index contributed by atoms with van der Waals surface area (Å²) >= 11 is 1.61. The van der Waals surface area contributed by atoms with E-state index in [-0.39, 0.29) is 9.86 Å². The summed E-state index contributed by atoms with van der Waals surface area (Å²) in [5.74, 6) is 0. The second kappa shape index (κ2) is 8.84. The molecule has 0 aliphatic heterocycles. The van der Waals surface area contributed by atoms with Crippen LogP contribution < -0.4 is 0 Å². The molecule has 0 bridgehead atoms. The maximum absolute atomic E-state index is 12.1. The van der Waals surface area contributed by atoms with Crippen molar-refractivity contribution in [3.05, 3.63) is 12.2 Å². The molecule has 0 aromatic heterocycles. The maximum atomic E-state index is 12.1. The molecule has 0 heterocycles. The van der Waals surface area contributed by atoms with Crippen molar-refractivity contribution in [1.82, 2.24) is 0 Å². The normalized spacial score (nSPS) is 20.1. The van der Waals surface area contributed by atoms with Gasteiger partial charge in [0.25, 0.3) is 0 Å². The van der Waals surface area contributed by atoms with Crippen LogP contribution in [0.1, 0.15) is 84.5 Å². The van der Waals surface area contributed by atoms with Crippen molar-refractivity contribution in [2.45, 2.75) is 89.2 Å². The van der Waals surface area contributed by atoms with Crippen molar-refractivity contribution in [3.8, 4) is 0 Å². The zero-order chi connectivity index (χ0) is 14.1. The fourth-order valence-corrected chi connectivity index (χ4v) is 4.22. The molecule has 110 valence electrons. The number of rotatable bonds is 5. The highest BCUT2D eigenvalue weighted by Crippen LogP contribution is 2.42. The van der Waals surface area contributed by atoms with Gasteiger partial charge in [-0.25, -0.2) is 0 Å². The quantitative estimate of drug-likeness (QED) is 0.585. The van der Waals surface area contributed by atoms with E-state index in [0.29, 0.717) is 5.57 Å². The van der Waals surface area contributed by atoms with E-state index < -0.39 is 0 Å². The monoisotopic (exact) mass is 282 g/mol. The standard InChI is InChI=1S/C17H30OS/c1-4-5-12-17(19-16(18)15(2)3)13-10-8-6-7-9-11-14-17/h2,4-14H2,1,3H3. The van der Waals surface area contributed by atoms with Gasteiger partial charge in [-0.3, -0.25) is 4.79 Å². The molecule has 1 rings (SSSR count). The number of unbranched alkanes of at least 4 members (excludes halogenated alkanes) is 1. The fraction of sp³-hybridized carbons (Fsp3) is 0.824. The zero-order valence-corrected chi connectivity index (χ0v) is 13.6. The molecule has 1 aliphatic rings. The molecular weight excluding hydrogens is 252 g/mol. The van der Waals surface area contributed by atoms with Gasteiger partial charge in [-0.15, -0.1) is 0 Å². The van der Waals surface area contributed by atoms with Crippen molar-refractivity contribution in [2.75, 3.05) is 0 Å². The Morgan fingerprint density at radius 3 is 2.11 bits per heavy atom. The molecular formula is C17H30OS. The molecule has 19 heavy (non-hydrogen) atoms. The third kappa shape index (κ3) is 6.16. The molecule has 1 nitrogen and oxygen atoms in total. The Labute approximate surface area is 123 Å². The molecule has 0 aromatic rings. The van der Waals surface area contributed by atoms with Crippen LogP contribution in [0.4, 0.5) is 0 Å². The summed E-state index contributed by atoms with van der Waals surface area (Å²) < 4.78 is 0.205. The number of hydrogen-bond donors (Lipinski definition) is 0. The third-order valence-electron chi connectivity index (χ3n) is 4.16. The minimum atomic E-state index is 0.205. The molecule has 1 fully saturated rings. The second-order valence-corrected chi connectivity index (χ2v) is 7.52. The largest absolute Gasteiger partial charge is 0.282 e. The first-order chi connectivity index (χ1) is 9.09. The molecule has 2 heteroatoms. The van der Waals surface area contributed by atoms with E-state index in [1.165, 1.54) is 70.6 Å². The van der Waals surface area contributed by atoms with Crippen LogP contribution in [-0.4, -0.2) is 9.86 Å². The Kier molecular flexibility index (Phi) is 7.82. The van der Waals surface area contributed by atoms with Gasteiger partial charge in [0.1, 0.15) is 0 Å². The van der Waals surface area contributed by atoms with E-state index in [1.807, 2.05) is 6.92 Å². The van der Waals surface area contributed by atoms with Crippen LogP contribution in [0.5, 0.6) is 0 Å². The minimum absolute atomic E-state index is 0.205. The first-order valence-corrected chi connectivity index (χ1v) is 8.80. The number of thioether (sulfide) groups is 1. The van der Waals surface area contributed by atoms with Gasteiger partial charge in [-0.2, -0.15) is 0 Å². The molecule has 0 amide bonds. The highest BCUT2D eigenvalue weighted by molar-refractivity contribution is 8.15. The lowest BCUT2D eigenvalue weighted by Gasteiger charge is -2.32. The summed E-state index contributed by atoms with van der Waals surface area (Å²) in [6, 6.07) is 0. The topological polar surface area (TPSA) is 17.1 Å². The highest BCUT2D eigenvalue weighted by atomic mass is 32.2. The number of carbonyl (C=O) groups excluding carboxylic acids is 1. The molecule has 0 aromatic carbocycles. The van der Waals surface area contributed by atoms with E-state index in [4.69, 9.17) is 0 Å². The van der Waals surface area contributed by atoms with Gasteiger partial charge in [-0.05, 0) is 31.8 Å². The lowest BCUT2D eigenvalue weighted by atomic mass is 9.90. The lowest BCUT2D eigenvalue weighted by Crippen LogP contribution is -2.27. The highest BCUT2D eigenvalue weighted by Gasteiger charge is 2.32. The second-order valence-electron chi connectivity index (χ2n) is 6.08. The summed E-state index contributed by atoms with van der Waals surface area (Å²) in [5.41, 5.74) is 0.709. The van der Waals surface area contributed by atoms with Crippen molar-refractivity contribution in [3.63, 3.8) is 0 Å². The Hall–Kier alpha value is -0.240. The Morgan fingerprint density at radius 2 is 1.63 bits per heavy atom. The molecule has 0 unspecified atom stereocenters. The zero-order valence-electron chi connectivity index (χ0n) is 12.8. The van der Waals surface area contributed by atoms with E-state index in [0.717, 1.165) is 0 Å². The van der Waals surface area contributed by atoms with E-state index in [2.05, 4.69) is 13.5 Å². The van der Waals surface area contributed by atoms with Crippen molar-refractivity contribution in [1.29, 1.82) is 0 Å². The fourth-order valence-electron chi connectivity index (χ4n) is 2.91. The van der Waals surface area contributed by atoms with Crippen LogP contribution in [-0.2, 0) is 4.79 Å². The molecule has 1 aliphatic carbocycles. The predicted molar refractivity (Wildman–Crippen MR) is 86.6 cm³/mol. The van der Waals surface area contributed by atoms with Gasteiger partial charge >= 0.3 is 0 Å². The third-order valence-corrected chi connectivity index (χ3v) is 5.74. The van der Waals surface area contributed by atoms with Crippen LogP contribution in [0.15, 0.2) is 12.2 Å². The van der Waals surface area contributed by atoms with Crippen LogP contribution in [0.3, 0.4) is 0 Å². The van der Waals surface area contributed by atoms with E-state index in [1.54, 1.807) is 11.8 Å². The minimum Gasteiger partial charge on any atom is -0.282 e. The van der Waals surface area contributed by atoms with Gasteiger partial charge in [-0.1, -0.05) is 76.6 Å². The Morgan fingerprint density at radius 1 is 1.11 bits per heavy atom. The Bertz CT molecular complexity index is 286. The lowest BCUT2D eigenvalue weighted by molar-refractivity contribution is -0.107.